The summed E-state index contributed by atoms with van der Waals surface area (Å²) in [5.74, 6) is 0.933. The largest absolute Gasteiger partial charge is 0.488 e. The van der Waals surface area contributed by atoms with Gasteiger partial charge in [0.25, 0.3) is 0 Å². The van der Waals surface area contributed by atoms with E-state index in [-0.39, 0.29) is 5.60 Å². The fraction of sp³-hybridized carbons (Fsp3) is 0.571. The summed E-state index contributed by atoms with van der Waals surface area (Å²) in [6.07, 6.45) is 1.09. The van der Waals surface area contributed by atoms with Gasteiger partial charge in [0, 0.05) is 6.04 Å². The fourth-order valence-corrected chi connectivity index (χ4v) is 1.73. The van der Waals surface area contributed by atoms with Gasteiger partial charge in [-0.25, -0.2) is 0 Å². The van der Waals surface area contributed by atoms with E-state index in [1.807, 2.05) is 19.2 Å². The van der Waals surface area contributed by atoms with E-state index in [0.717, 1.165) is 12.2 Å². The molecule has 0 aliphatic heterocycles. The topological polar surface area (TPSA) is 21.3 Å². The Labute approximate surface area is 99.0 Å². The molecule has 0 bridgehead atoms. The molecular formula is C14H23NO. The quantitative estimate of drug-likeness (QED) is 0.839. The Kier molecular flexibility index (Phi) is 4.36. The van der Waals surface area contributed by atoms with Crippen LogP contribution < -0.4 is 10.1 Å². The van der Waals surface area contributed by atoms with Crippen molar-refractivity contribution in [1.29, 1.82) is 0 Å². The molecule has 0 spiro atoms. The van der Waals surface area contributed by atoms with Gasteiger partial charge in [-0.1, -0.05) is 19.1 Å². The maximum atomic E-state index is 5.78. The van der Waals surface area contributed by atoms with Gasteiger partial charge in [-0.3, -0.25) is 0 Å². The van der Waals surface area contributed by atoms with Crippen LogP contribution in [-0.2, 0) is 0 Å². The molecule has 2 nitrogen and oxygen atoms in total. The Morgan fingerprint density at radius 1 is 1.19 bits per heavy atom. The zero-order valence-corrected chi connectivity index (χ0v) is 11.0. The first-order chi connectivity index (χ1) is 7.46. The normalized spacial score (nSPS) is 13.6. The summed E-state index contributed by atoms with van der Waals surface area (Å²) in [5.41, 5.74) is 1.18. The molecule has 1 N–H and O–H groups in total. The van der Waals surface area contributed by atoms with E-state index in [1.54, 1.807) is 0 Å². The van der Waals surface area contributed by atoms with Crippen LogP contribution in [0, 0.1) is 0 Å². The van der Waals surface area contributed by atoms with Crippen molar-refractivity contribution in [3.05, 3.63) is 29.8 Å². The highest BCUT2D eigenvalue weighted by molar-refractivity contribution is 5.29. The molecule has 0 radical (unpaired) electrons. The molecule has 1 aromatic carbocycles. The van der Waals surface area contributed by atoms with Crippen LogP contribution >= 0.6 is 0 Å². The molecule has 0 fully saturated rings. The lowest BCUT2D eigenvalue weighted by molar-refractivity contribution is 0.131. The molecule has 1 unspecified atom stereocenters. The minimum absolute atomic E-state index is 0.130. The third-order valence-corrected chi connectivity index (χ3v) is 2.46. The number of hydrogen-bond donors (Lipinski definition) is 1. The van der Waals surface area contributed by atoms with Crippen molar-refractivity contribution >= 4 is 0 Å². The first-order valence-electron chi connectivity index (χ1n) is 5.92. The SMILES string of the molecule is CCC(NC)c1ccc(OC(C)(C)C)cc1. The minimum Gasteiger partial charge on any atom is -0.488 e. The van der Waals surface area contributed by atoms with E-state index in [4.69, 9.17) is 4.74 Å². The van der Waals surface area contributed by atoms with E-state index < -0.39 is 0 Å². The van der Waals surface area contributed by atoms with Crippen molar-refractivity contribution in [2.24, 2.45) is 0 Å². The molecule has 1 rings (SSSR count). The summed E-state index contributed by atoms with van der Waals surface area (Å²) in [4.78, 5) is 0. The predicted octanol–water partition coefficient (Wildman–Crippen LogP) is 3.53. The van der Waals surface area contributed by atoms with E-state index in [9.17, 15) is 0 Å². The second-order valence-corrected chi connectivity index (χ2v) is 5.03. The van der Waals surface area contributed by atoms with E-state index in [0.29, 0.717) is 6.04 Å². The first kappa shape index (κ1) is 13.0. The molecule has 0 amide bonds. The van der Waals surface area contributed by atoms with Crippen LogP contribution in [0.25, 0.3) is 0 Å². The van der Waals surface area contributed by atoms with Crippen LogP contribution in [0.15, 0.2) is 24.3 Å². The second-order valence-electron chi connectivity index (χ2n) is 5.03. The maximum absolute atomic E-state index is 5.78. The molecule has 1 atom stereocenters. The van der Waals surface area contributed by atoms with Crippen LogP contribution in [0.2, 0.25) is 0 Å². The number of hydrogen-bond acceptors (Lipinski definition) is 2. The molecule has 0 aliphatic carbocycles. The van der Waals surface area contributed by atoms with Crippen molar-refractivity contribution < 1.29 is 4.74 Å². The Balaban J connectivity index is 2.75. The molecule has 2 heteroatoms. The summed E-state index contributed by atoms with van der Waals surface area (Å²) >= 11 is 0. The highest BCUT2D eigenvalue weighted by Crippen LogP contribution is 2.22. The van der Waals surface area contributed by atoms with Crippen molar-refractivity contribution in [3.63, 3.8) is 0 Å². The zero-order valence-electron chi connectivity index (χ0n) is 11.0. The average Bonchev–Trinajstić information content (AvgIpc) is 2.20. The molecule has 0 aliphatic rings. The second kappa shape index (κ2) is 5.35. The molecule has 0 saturated heterocycles. The Bertz CT molecular complexity index is 307. The van der Waals surface area contributed by atoms with Gasteiger partial charge in [-0.2, -0.15) is 0 Å². The van der Waals surface area contributed by atoms with Crippen molar-refractivity contribution in [2.45, 2.75) is 45.8 Å². The number of benzene rings is 1. The highest BCUT2D eigenvalue weighted by atomic mass is 16.5. The van der Waals surface area contributed by atoms with Gasteiger partial charge in [-0.15, -0.1) is 0 Å². The Hall–Kier alpha value is -1.02. The van der Waals surface area contributed by atoms with Crippen LogP contribution in [0.5, 0.6) is 5.75 Å². The summed E-state index contributed by atoms with van der Waals surface area (Å²) in [6, 6.07) is 8.78. The number of ether oxygens (including phenoxy) is 1. The minimum atomic E-state index is -0.130. The van der Waals surface area contributed by atoms with Gasteiger partial charge in [0.2, 0.25) is 0 Å². The zero-order chi connectivity index (χ0) is 12.2. The lowest BCUT2D eigenvalue weighted by Gasteiger charge is -2.22. The smallest absolute Gasteiger partial charge is 0.120 e. The molecule has 0 saturated carbocycles. The lowest BCUT2D eigenvalue weighted by Crippen LogP contribution is -2.23. The van der Waals surface area contributed by atoms with Gasteiger partial charge in [0.1, 0.15) is 11.4 Å². The average molecular weight is 221 g/mol. The van der Waals surface area contributed by atoms with Crippen LogP contribution in [-0.4, -0.2) is 12.6 Å². The first-order valence-corrected chi connectivity index (χ1v) is 5.92. The summed E-state index contributed by atoms with van der Waals surface area (Å²) in [5, 5.41) is 3.29. The number of nitrogens with one attached hydrogen (secondary N) is 1. The van der Waals surface area contributed by atoms with Crippen molar-refractivity contribution in [1.82, 2.24) is 5.32 Å². The van der Waals surface area contributed by atoms with E-state index in [1.165, 1.54) is 5.56 Å². The third kappa shape index (κ3) is 3.86. The molecule has 0 aromatic heterocycles. The van der Waals surface area contributed by atoms with Crippen LogP contribution in [0.3, 0.4) is 0 Å². The standard InChI is InChI=1S/C14H23NO/c1-6-13(15-5)11-7-9-12(10-8-11)16-14(2,3)4/h7-10,13,15H,6H2,1-5H3. The number of rotatable bonds is 4. The monoisotopic (exact) mass is 221 g/mol. The Morgan fingerprint density at radius 2 is 1.75 bits per heavy atom. The molecule has 90 valence electrons. The maximum Gasteiger partial charge on any atom is 0.120 e. The van der Waals surface area contributed by atoms with Crippen molar-refractivity contribution in [2.75, 3.05) is 7.05 Å². The summed E-state index contributed by atoms with van der Waals surface area (Å²) < 4.78 is 5.78. The molecule has 1 aromatic rings. The van der Waals surface area contributed by atoms with Crippen LogP contribution in [0.4, 0.5) is 0 Å². The molecular weight excluding hydrogens is 198 g/mol. The molecule has 16 heavy (non-hydrogen) atoms. The third-order valence-electron chi connectivity index (χ3n) is 2.46. The lowest BCUT2D eigenvalue weighted by atomic mass is 10.0. The van der Waals surface area contributed by atoms with E-state index >= 15 is 0 Å². The van der Waals surface area contributed by atoms with E-state index in [2.05, 4.69) is 45.1 Å². The van der Waals surface area contributed by atoms with Gasteiger partial charge < -0.3 is 10.1 Å². The highest BCUT2D eigenvalue weighted by Gasteiger charge is 2.12. The van der Waals surface area contributed by atoms with Crippen molar-refractivity contribution in [3.8, 4) is 5.75 Å². The Morgan fingerprint density at radius 3 is 2.12 bits per heavy atom. The summed E-state index contributed by atoms with van der Waals surface area (Å²) in [6.45, 7) is 8.36. The summed E-state index contributed by atoms with van der Waals surface area (Å²) in [7, 11) is 1.99. The van der Waals surface area contributed by atoms with Crippen LogP contribution in [0.1, 0.15) is 45.7 Å². The van der Waals surface area contributed by atoms with Gasteiger partial charge >= 0.3 is 0 Å². The van der Waals surface area contributed by atoms with Gasteiger partial charge in [0.05, 0.1) is 0 Å². The predicted molar refractivity (Wildman–Crippen MR) is 68.9 cm³/mol. The fourth-order valence-electron chi connectivity index (χ4n) is 1.73. The van der Waals surface area contributed by atoms with Gasteiger partial charge in [-0.05, 0) is 51.9 Å². The molecule has 0 heterocycles. The van der Waals surface area contributed by atoms with Gasteiger partial charge in [0.15, 0.2) is 0 Å².